The third-order valence-corrected chi connectivity index (χ3v) is 6.20. The molecule has 3 aromatic carbocycles. The summed E-state index contributed by atoms with van der Waals surface area (Å²) < 4.78 is 8.18. The molecule has 0 saturated heterocycles. The van der Waals surface area contributed by atoms with Gasteiger partial charge in [-0.3, -0.25) is 4.79 Å². The molecule has 1 amide bonds. The van der Waals surface area contributed by atoms with Gasteiger partial charge < -0.3 is 14.6 Å². The minimum Gasteiger partial charge on any atom is -0.492 e. The molecule has 32 heavy (non-hydrogen) atoms. The largest absolute Gasteiger partial charge is 0.492 e. The van der Waals surface area contributed by atoms with E-state index in [0.29, 0.717) is 23.7 Å². The Morgan fingerprint density at radius 2 is 1.88 bits per heavy atom. The van der Waals surface area contributed by atoms with E-state index in [1.165, 1.54) is 11.1 Å². The zero-order chi connectivity index (χ0) is 22.2. The fourth-order valence-electron chi connectivity index (χ4n) is 4.11. The van der Waals surface area contributed by atoms with Gasteiger partial charge in [0.05, 0.1) is 12.2 Å². The Labute approximate surface area is 192 Å². The first-order valence-electron chi connectivity index (χ1n) is 10.6. The molecule has 1 aromatic heterocycles. The van der Waals surface area contributed by atoms with Crippen molar-refractivity contribution in [2.45, 2.75) is 20.4 Å². The van der Waals surface area contributed by atoms with Gasteiger partial charge in [0.2, 0.25) is 0 Å². The number of amides is 1. The number of anilines is 1. The molecular formula is C27H23ClN2O2. The second kappa shape index (κ2) is 8.21. The molecule has 1 N–H and O–H groups in total. The Bertz CT molecular complexity index is 1380. The molecule has 5 heteroatoms. The minimum atomic E-state index is -0.114. The van der Waals surface area contributed by atoms with Crippen LogP contribution in [0.1, 0.15) is 22.3 Å². The molecule has 1 aliphatic rings. The van der Waals surface area contributed by atoms with Crippen LogP contribution in [0.15, 0.2) is 66.9 Å². The van der Waals surface area contributed by atoms with Crippen molar-refractivity contribution in [3.63, 3.8) is 0 Å². The number of aromatic nitrogens is 1. The van der Waals surface area contributed by atoms with E-state index in [4.69, 9.17) is 16.3 Å². The predicted octanol–water partition coefficient (Wildman–Crippen LogP) is 6.48. The molecule has 160 valence electrons. The molecule has 5 rings (SSSR count). The molecule has 0 radical (unpaired) electrons. The van der Waals surface area contributed by atoms with Gasteiger partial charge in [-0.2, -0.15) is 0 Å². The summed E-state index contributed by atoms with van der Waals surface area (Å²) in [7, 11) is 0. The number of halogens is 1. The van der Waals surface area contributed by atoms with E-state index in [9.17, 15) is 4.79 Å². The Kier molecular flexibility index (Phi) is 5.24. The topological polar surface area (TPSA) is 43.3 Å². The summed E-state index contributed by atoms with van der Waals surface area (Å²) in [6, 6.07) is 19.9. The van der Waals surface area contributed by atoms with Crippen LogP contribution in [-0.4, -0.2) is 17.1 Å². The second-order valence-corrected chi connectivity index (χ2v) is 8.53. The molecule has 0 bridgehead atoms. The van der Waals surface area contributed by atoms with E-state index in [1.807, 2.05) is 36.4 Å². The lowest BCUT2D eigenvalue weighted by Crippen LogP contribution is -2.07. The Balaban J connectivity index is 1.44. The quantitative estimate of drug-likeness (QED) is 0.359. The van der Waals surface area contributed by atoms with E-state index in [0.717, 1.165) is 33.5 Å². The summed E-state index contributed by atoms with van der Waals surface area (Å²) in [5.74, 6) is 0.766. The molecule has 0 aliphatic carbocycles. The molecule has 0 spiro atoms. The van der Waals surface area contributed by atoms with Crippen molar-refractivity contribution in [1.82, 2.24) is 4.57 Å². The molecule has 4 nitrogen and oxygen atoms in total. The summed E-state index contributed by atoms with van der Waals surface area (Å²) in [5.41, 5.74) is 6.85. The van der Waals surface area contributed by atoms with Crippen molar-refractivity contribution < 1.29 is 9.53 Å². The number of nitrogens with zero attached hydrogens (tertiary/aromatic N) is 1. The van der Waals surface area contributed by atoms with Crippen molar-refractivity contribution in [3.8, 4) is 5.75 Å². The van der Waals surface area contributed by atoms with Gasteiger partial charge in [0, 0.05) is 38.8 Å². The normalized spacial score (nSPS) is 14.1. The number of carbonyl (C=O) groups is 1. The number of nitrogens with one attached hydrogen (secondary N) is 1. The van der Waals surface area contributed by atoms with E-state index in [1.54, 1.807) is 6.07 Å². The van der Waals surface area contributed by atoms with Gasteiger partial charge in [-0.05, 0) is 61.4 Å². The highest BCUT2D eigenvalue weighted by atomic mass is 35.5. The average molecular weight is 443 g/mol. The van der Waals surface area contributed by atoms with Gasteiger partial charge >= 0.3 is 0 Å². The lowest BCUT2D eigenvalue weighted by molar-refractivity contribution is -0.110. The number of rotatable bonds is 5. The van der Waals surface area contributed by atoms with Crippen molar-refractivity contribution in [3.05, 3.63) is 94.1 Å². The highest BCUT2D eigenvalue weighted by Crippen LogP contribution is 2.36. The van der Waals surface area contributed by atoms with Gasteiger partial charge in [-0.25, -0.2) is 0 Å². The van der Waals surface area contributed by atoms with E-state index in [2.05, 4.69) is 54.2 Å². The first kappa shape index (κ1) is 20.4. The van der Waals surface area contributed by atoms with Crippen LogP contribution >= 0.6 is 11.6 Å². The zero-order valence-corrected chi connectivity index (χ0v) is 18.7. The SMILES string of the molecule is Cc1ccc(OCCn2cc(C=C3C(=O)Nc4cc(Cl)ccc43)c3ccccc32)cc1C. The van der Waals surface area contributed by atoms with Crippen LogP contribution in [-0.2, 0) is 11.3 Å². The second-order valence-electron chi connectivity index (χ2n) is 8.09. The Morgan fingerprint density at radius 3 is 2.72 bits per heavy atom. The van der Waals surface area contributed by atoms with Crippen LogP contribution < -0.4 is 10.1 Å². The third-order valence-electron chi connectivity index (χ3n) is 5.96. The van der Waals surface area contributed by atoms with Crippen LogP contribution in [0.25, 0.3) is 22.6 Å². The predicted molar refractivity (Wildman–Crippen MR) is 131 cm³/mol. The number of para-hydroxylation sites is 1. The average Bonchev–Trinajstić information content (AvgIpc) is 3.28. The molecule has 0 unspecified atom stereocenters. The summed E-state index contributed by atoms with van der Waals surface area (Å²) in [6.45, 7) is 5.44. The maximum Gasteiger partial charge on any atom is 0.256 e. The maximum atomic E-state index is 12.6. The third kappa shape index (κ3) is 3.78. The van der Waals surface area contributed by atoms with Gasteiger partial charge in [-0.1, -0.05) is 41.9 Å². The summed E-state index contributed by atoms with van der Waals surface area (Å²) in [4.78, 5) is 12.6. The Morgan fingerprint density at radius 1 is 1.03 bits per heavy atom. The summed E-state index contributed by atoms with van der Waals surface area (Å²) in [5, 5.41) is 4.61. The van der Waals surface area contributed by atoms with Crippen molar-refractivity contribution in [1.29, 1.82) is 0 Å². The number of hydrogen-bond donors (Lipinski definition) is 1. The maximum absolute atomic E-state index is 12.6. The van der Waals surface area contributed by atoms with Crippen LogP contribution in [0.2, 0.25) is 5.02 Å². The molecule has 0 fully saturated rings. The van der Waals surface area contributed by atoms with Crippen molar-refractivity contribution >= 4 is 45.7 Å². The van der Waals surface area contributed by atoms with Crippen molar-refractivity contribution in [2.75, 3.05) is 11.9 Å². The lowest BCUT2D eigenvalue weighted by Gasteiger charge is -2.10. The fraction of sp³-hybridized carbons (Fsp3) is 0.148. The molecule has 4 aromatic rings. The number of hydrogen-bond acceptors (Lipinski definition) is 2. The van der Waals surface area contributed by atoms with Gasteiger partial charge in [0.1, 0.15) is 12.4 Å². The molecule has 1 aliphatic heterocycles. The fourth-order valence-corrected chi connectivity index (χ4v) is 4.28. The summed E-state index contributed by atoms with van der Waals surface area (Å²) >= 11 is 6.08. The summed E-state index contributed by atoms with van der Waals surface area (Å²) in [6.07, 6.45) is 4.04. The number of fused-ring (bicyclic) bond motifs is 2. The van der Waals surface area contributed by atoms with Crippen LogP contribution in [0.4, 0.5) is 5.69 Å². The molecule has 0 saturated carbocycles. The highest BCUT2D eigenvalue weighted by Gasteiger charge is 2.24. The monoisotopic (exact) mass is 442 g/mol. The van der Waals surface area contributed by atoms with Crippen LogP contribution in [0, 0.1) is 13.8 Å². The number of ether oxygens (including phenoxy) is 1. The minimum absolute atomic E-state index is 0.114. The molecule has 0 atom stereocenters. The standard InChI is InChI=1S/C27H23ClN2O2/c1-17-7-9-21(13-18(17)2)32-12-11-30-16-19(22-5-3-4-6-26(22)30)14-24-23-10-8-20(28)15-25(23)29-27(24)31/h3-10,13-16H,11-12H2,1-2H3,(H,29,31). The first-order valence-corrected chi connectivity index (χ1v) is 11.0. The van der Waals surface area contributed by atoms with Gasteiger partial charge in [-0.15, -0.1) is 0 Å². The van der Waals surface area contributed by atoms with Crippen molar-refractivity contribution in [2.24, 2.45) is 0 Å². The van der Waals surface area contributed by atoms with Gasteiger partial charge in [0.25, 0.3) is 5.91 Å². The van der Waals surface area contributed by atoms with Gasteiger partial charge in [0.15, 0.2) is 0 Å². The molecule has 2 heterocycles. The Hall–Kier alpha value is -3.50. The van der Waals surface area contributed by atoms with Crippen LogP contribution in [0.5, 0.6) is 5.75 Å². The number of benzene rings is 3. The lowest BCUT2D eigenvalue weighted by atomic mass is 10.0. The van der Waals surface area contributed by atoms with E-state index in [-0.39, 0.29) is 5.91 Å². The number of aryl methyl sites for hydroxylation is 2. The highest BCUT2D eigenvalue weighted by molar-refractivity contribution is 6.36. The number of carbonyl (C=O) groups excluding carboxylic acids is 1. The van der Waals surface area contributed by atoms with E-state index < -0.39 is 0 Å². The smallest absolute Gasteiger partial charge is 0.256 e. The van der Waals surface area contributed by atoms with E-state index >= 15 is 0 Å². The first-order chi connectivity index (χ1) is 15.5. The van der Waals surface area contributed by atoms with Crippen LogP contribution in [0.3, 0.4) is 0 Å². The molecular weight excluding hydrogens is 420 g/mol. The zero-order valence-electron chi connectivity index (χ0n) is 18.0.